The van der Waals surface area contributed by atoms with Gasteiger partial charge in [-0.15, -0.1) is 0 Å². The lowest BCUT2D eigenvalue weighted by Crippen LogP contribution is -2.62. The van der Waals surface area contributed by atoms with Crippen molar-refractivity contribution in [2.45, 2.75) is 50.6 Å². The van der Waals surface area contributed by atoms with Crippen LogP contribution in [-0.2, 0) is 20.8 Å². The van der Waals surface area contributed by atoms with Crippen LogP contribution in [0.15, 0.2) is 91.1 Å². The van der Waals surface area contributed by atoms with E-state index in [2.05, 4.69) is 16.0 Å². The smallest absolute Gasteiger partial charge is 0.249 e. The molecular weight excluding hydrogens is 544 g/mol. The Morgan fingerprint density at radius 2 is 1.56 bits per heavy atom. The number of carbonyl (C=O) groups excluding carboxylic acids is 3. The molecule has 0 saturated carbocycles. The molecule has 2 heterocycles. The van der Waals surface area contributed by atoms with Crippen molar-refractivity contribution in [2.75, 3.05) is 14.1 Å². The molecule has 43 heavy (non-hydrogen) atoms. The molecule has 0 aromatic heterocycles. The van der Waals surface area contributed by atoms with E-state index in [1.165, 1.54) is 6.20 Å². The number of rotatable bonds is 8. The molecule has 9 nitrogen and oxygen atoms in total. The minimum absolute atomic E-state index is 0.221. The summed E-state index contributed by atoms with van der Waals surface area (Å²) in [6, 6.07) is 22.3. The summed E-state index contributed by atoms with van der Waals surface area (Å²) < 4.78 is 6.35. The second-order valence-electron chi connectivity index (χ2n) is 11.2. The number of nitrogens with one attached hydrogen (secondary N) is 3. The molecule has 2 aliphatic rings. The van der Waals surface area contributed by atoms with E-state index in [4.69, 9.17) is 4.74 Å². The first-order valence-corrected chi connectivity index (χ1v) is 14.4. The Morgan fingerprint density at radius 1 is 0.930 bits per heavy atom. The number of aliphatic hydroxyl groups excluding tert-OH is 1. The minimum atomic E-state index is -1.36. The van der Waals surface area contributed by atoms with Crippen molar-refractivity contribution in [3.8, 4) is 5.75 Å². The molecule has 0 spiro atoms. The SMILES string of the molecule is CC(C)[C@H]1Oc2ccc(cc2)/C=C/NC(=O)[C@@H]([C@@H](O)c2ccccc2)NC(=O)[C@@H]1NC(=O)[C@H](Cc1ccccc1)N(C)C. The standard InChI is InChI=1S/C34H40N4O5/c1-22(2)31-29(37-32(40)27(38(3)4)21-24-11-7-5-8-12-24)34(42)36-28(30(39)25-13-9-6-10-14-25)33(41)35-20-19-23-15-17-26(43-31)18-16-23/h5-20,22,27-31,39H,21H2,1-4H3,(H,35,41)(H,36,42)(H,37,40)/b20-19+/t27-,28+,29+,30-,31+/m0/s1. The number of nitrogens with zero attached hydrogens (tertiary/aromatic N) is 1. The van der Waals surface area contributed by atoms with Gasteiger partial charge in [0.1, 0.15) is 30.0 Å². The zero-order valence-electron chi connectivity index (χ0n) is 24.9. The van der Waals surface area contributed by atoms with Crippen LogP contribution in [-0.4, -0.2) is 66.1 Å². The topological polar surface area (TPSA) is 120 Å². The number of ether oxygens (including phenoxy) is 1. The van der Waals surface area contributed by atoms with Crippen LogP contribution >= 0.6 is 0 Å². The third kappa shape index (κ3) is 8.30. The van der Waals surface area contributed by atoms with Gasteiger partial charge < -0.3 is 25.8 Å². The van der Waals surface area contributed by atoms with Crippen molar-refractivity contribution in [3.05, 3.63) is 108 Å². The minimum Gasteiger partial charge on any atom is -0.487 e. The number of fused-ring (bicyclic) bond motifs is 10. The monoisotopic (exact) mass is 584 g/mol. The second kappa shape index (κ2) is 14.6. The number of hydrogen-bond acceptors (Lipinski definition) is 6. The maximum absolute atomic E-state index is 14.1. The van der Waals surface area contributed by atoms with E-state index in [-0.39, 0.29) is 11.8 Å². The molecule has 0 saturated heterocycles. The molecule has 5 atom stereocenters. The predicted octanol–water partition coefficient (Wildman–Crippen LogP) is 3.07. The fourth-order valence-electron chi connectivity index (χ4n) is 4.98. The first kappa shape index (κ1) is 31.5. The summed E-state index contributed by atoms with van der Waals surface area (Å²) in [4.78, 5) is 43.1. The molecular formula is C34H40N4O5. The van der Waals surface area contributed by atoms with Gasteiger partial charge in [-0.3, -0.25) is 19.3 Å². The Kier molecular flexibility index (Phi) is 10.7. The van der Waals surface area contributed by atoms with Crippen molar-refractivity contribution in [3.63, 3.8) is 0 Å². The molecule has 9 heteroatoms. The molecule has 4 N–H and O–H groups in total. The first-order chi connectivity index (χ1) is 20.6. The van der Waals surface area contributed by atoms with Crippen LogP contribution in [0.1, 0.15) is 36.6 Å². The summed E-state index contributed by atoms with van der Waals surface area (Å²) >= 11 is 0. The summed E-state index contributed by atoms with van der Waals surface area (Å²) in [5.41, 5.74) is 2.24. The van der Waals surface area contributed by atoms with Gasteiger partial charge in [0.05, 0.1) is 6.04 Å². The Morgan fingerprint density at radius 3 is 2.16 bits per heavy atom. The van der Waals surface area contributed by atoms with Crippen LogP contribution in [0.3, 0.4) is 0 Å². The molecule has 2 aliphatic heterocycles. The molecule has 5 rings (SSSR count). The number of aliphatic hydroxyl groups is 1. The van der Waals surface area contributed by atoms with Crippen LogP contribution in [0.5, 0.6) is 5.75 Å². The first-order valence-electron chi connectivity index (χ1n) is 14.4. The molecule has 0 radical (unpaired) electrons. The van der Waals surface area contributed by atoms with E-state index < -0.39 is 42.1 Å². The molecule has 226 valence electrons. The van der Waals surface area contributed by atoms with E-state index in [0.717, 1.165) is 11.1 Å². The Bertz CT molecular complexity index is 1390. The highest BCUT2D eigenvalue weighted by atomic mass is 16.5. The van der Waals surface area contributed by atoms with Gasteiger partial charge >= 0.3 is 0 Å². The van der Waals surface area contributed by atoms with Gasteiger partial charge in [0.15, 0.2) is 0 Å². The largest absolute Gasteiger partial charge is 0.487 e. The van der Waals surface area contributed by atoms with Crippen LogP contribution in [0.4, 0.5) is 0 Å². The van der Waals surface area contributed by atoms with Crippen LogP contribution in [0.2, 0.25) is 0 Å². The summed E-state index contributed by atoms with van der Waals surface area (Å²) in [6.07, 6.45) is 1.44. The summed E-state index contributed by atoms with van der Waals surface area (Å²) in [7, 11) is 3.62. The zero-order valence-corrected chi connectivity index (χ0v) is 24.9. The van der Waals surface area contributed by atoms with Crippen molar-refractivity contribution in [2.24, 2.45) is 5.92 Å². The number of hydrogen-bond donors (Lipinski definition) is 4. The average Bonchev–Trinajstić information content (AvgIpc) is 3.00. The molecule has 2 bridgehead atoms. The zero-order chi connectivity index (χ0) is 30.9. The highest BCUT2D eigenvalue weighted by Crippen LogP contribution is 2.22. The average molecular weight is 585 g/mol. The number of carbonyl (C=O) groups is 3. The molecule has 0 unspecified atom stereocenters. The van der Waals surface area contributed by atoms with Crippen molar-refractivity contribution < 1.29 is 24.2 Å². The lowest BCUT2D eigenvalue weighted by molar-refractivity contribution is -0.137. The van der Waals surface area contributed by atoms with Crippen LogP contribution < -0.4 is 20.7 Å². The van der Waals surface area contributed by atoms with E-state index >= 15 is 0 Å². The maximum Gasteiger partial charge on any atom is 0.249 e. The van der Waals surface area contributed by atoms with Crippen LogP contribution in [0, 0.1) is 5.92 Å². The summed E-state index contributed by atoms with van der Waals surface area (Å²) in [5.74, 6) is -1.33. The van der Waals surface area contributed by atoms with Gasteiger partial charge in [0.25, 0.3) is 0 Å². The highest BCUT2D eigenvalue weighted by molar-refractivity contribution is 5.94. The molecule has 0 aliphatic carbocycles. The normalized spacial score (nSPS) is 21.2. The van der Waals surface area contributed by atoms with E-state index in [1.807, 2.05) is 70.4 Å². The van der Waals surface area contributed by atoms with Gasteiger partial charge in [-0.05, 0) is 61.3 Å². The second-order valence-corrected chi connectivity index (χ2v) is 11.2. The van der Waals surface area contributed by atoms with Gasteiger partial charge in [0.2, 0.25) is 17.7 Å². The predicted molar refractivity (Wildman–Crippen MR) is 166 cm³/mol. The van der Waals surface area contributed by atoms with E-state index in [0.29, 0.717) is 17.7 Å². The molecule has 3 aromatic rings. The number of benzene rings is 3. The highest BCUT2D eigenvalue weighted by Gasteiger charge is 2.39. The quantitative estimate of drug-likeness (QED) is 0.323. The van der Waals surface area contributed by atoms with Gasteiger partial charge in [-0.2, -0.15) is 0 Å². The fraction of sp³-hybridized carbons (Fsp3) is 0.324. The number of likely N-dealkylation sites (N-methyl/N-ethyl adjacent to an activating group) is 1. The van der Waals surface area contributed by atoms with E-state index in [1.54, 1.807) is 53.4 Å². The summed E-state index contributed by atoms with van der Waals surface area (Å²) in [5, 5.41) is 19.6. The van der Waals surface area contributed by atoms with Gasteiger partial charge in [-0.25, -0.2) is 0 Å². The third-order valence-electron chi connectivity index (χ3n) is 7.45. The lowest BCUT2D eigenvalue weighted by Gasteiger charge is -2.34. The van der Waals surface area contributed by atoms with Crippen molar-refractivity contribution in [1.82, 2.24) is 20.9 Å². The van der Waals surface area contributed by atoms with Crippen LogP contribution in [0.25, 0.3) is 6.08 Å². The molecule has 3 aromatic carbocycles. The Labute approximate surface area is 252 Å². The Hall–Kier alpha value is -4.47. The molecule has 0 fully saturated rings. The van der Waals surface area contributed by atoms with Gasteiger partial charge in [-0.1, -0.05) is 86.6 Å². The third-order valence-corrected chi connectivity index (χ3v) is 7.45. The fourth-order valence-corrected chi connectivity index (χ4v) is 4.98. The van der Waals surface area contributed by atoms with Crippen molar-refractivity contribution >= 4 is 23.8 Å². The lowest BCUT2D eigenvalue weighted by atomic mass is 9.95. The maximum atomic E-state index is 14.1. The number of amides is 3. The summed E-state index contributed by atoms with van der Waals surface area (Å²) in [6.45, 7) is 3.79. The molecule has 3 amide bonds. The van der Waals surface area contributed by atoms with E-state index in [9.17, 15) is 19.5 Å². The van der Waals surface area contributed by atoms with Gasteiger partial charge in [0, 0.05) is 6.20 Å². The van der Waals surface area contributed by atoms with Crippen molar-refractivity contribution in [1.29, 1.82) is 0 Å². The Balaban J connectivity index is 1.72.